The number of nitrogens with two attached hydrogens (primary N) is 1. The first-order chi connectivity index (χ1) is 8.58. The number of carbonyl (C=O) groups is 1. The molecule has 18 heavy (non-hydrogen) atoms. The van der Waals surface area contributed by atoms with Crippen molar-refractivity contribution in [1.82, 2.24) is 5.32 Å². The Labute approximate surface area is 111 Å². The largest absolute Gasteiger partial charge is 0.379 e. The van der Waals surface area contributed by atoms with Gasteiger partial charge in [0.25, 0.3) is 0 Å². The summed E-state index contributed by atoms with van der Waals surface area (Å²) in [6.45, 7) is 2.77. The van der Waals surface area contributed by atoms with Gasteiger partial charge in [-0.05, 0) is 24.6 Å². The van der Waals surface area contributed by atoms with Crippen LogP contribution in [0, 0.1) is 5.92 Å². The molecule has 0 aromatic heterocycles. The van der Waals surface area contributed by atoms with Crippen LogP contribution in [0.1, 0.15) is 18.5 Å². The Bertz CT molecular complexity index is 439. The van der Waals surface area contributed by atoms with Crippen LogP contribution in [0.5, 0.6) is 0 Å². The summed E-state index contributed by atoms with van der Waals surface area (Å²) in [6.07, 6.45) is 0. The molecule has 0 spiro atoms. The van der Waals surface area contributed by atoms with Gasteiger partial charge in [-0.2, -0.15) is 0 Å². The Kier molecular flexibility index (Phi) is 4.22. The van der Waals surface area contributed by atoms with Crippen molar-refractivity contribution in [2.24, 2.45) is 11.7 Å². The summed E-state index contributed by atoms with van der Waals surface area (Å²) in [5.74, 6) is -0.320. The average Bonchev–Trinajstić information content (AvgIpc) is 2.75. The molecule has 3 unspecified atom stereocenters. The van der Waals surface area contributed by atoms with Gasteiger partial charge in [0.2, 0.25) is 5.91 Å². The zero-order valence-electron chi connectivity index (χ0n) is 10.2. The van der Waals surface area contributed by atoms with Gasteiger partial charge in [0, 0.05) is 11.1 Å². The fourth-order valence-corrected chi connectivity index (χ4v) is 2.22. The van der Waals surface area contributed by atoms with Gasteiger partial charge in [0.1, 0.15) is 0 Å². The number of hydrogen-bond acceptors (Lipinski definition) is 3. The Balaban J connectivity index is 1.98. The normalized spacial score (nSPS) is 24.8. The van der Waals surface area contributed by atoms with E-state index in [0.717, 1.165) is 5.56 Å². The standard InChI is InChI=1S/C13H17ClN2O2/c1-8(9-3-2-4-10(14)5-9)16-13(17)11-6-18-7-12(11)15/h2-5,8,11-12H,6-7,15H2,1H3,(H,16,17). The van der Waals surface area contributed by atoms with Crippen LogP contribution in [0.2, 0.25) is 5.02 Å². The van der Waals surface area contributed by atoms with Crippen LogP contribution in [0.3, 0.4) is 0 Å². The van der Waals surface area contributed by atoms with Crippen molar-refractivity contribution in [3.63, 3.8) is 0 Å². The smallest absolute Gasteiger partial charge is 0.227 e. The SMILES string of the molecule is CC(NC(=O)C1COCC1N)c1cccc(Cl)c1. The molecular formula is C13H17ClN2O2. The number of nitrogens with one attached hydrogen (secondary N) is 1. The predicted molar refractivity (Wildman–Crippen MR) is 70.3 cm³/mol. The van der Waals surface area contributed by atoms with Gasteiger partial charge in [0.05, 0.1) is 25.2 Å². The molecule has 1 aromatic rings. The molecule has 3 N–H and O–H groups in total. The monoisotopic (exact) mass is 268 g/mol. The van der Waals surface area contributed by atoms with Gasteiger partial charge in [-0.25, -0.2) is 0 Å². The van der Waals surface area contributed by atoms with Gasteiger partial charge < -0.3 is 15.8 Å². The third-order valence-electron chi connectivity index (χ3n) is 3.17. The van der Waals surface area contributed by atoms with Crippen LogP contribution >= 0.6 is 11.6 Å². The summed E-state index contributed by atoms with van der Waals surface area (Å²) in [4.78, 5) is 12.0. The van der Waals surface area contributed by atoms with Crippen molar-refractivity contribution >= 4 is 17.5 Å². The number of hydrogen-bond donors (Lipinski definition) is 2. The molecule has 4 nitrogen and oxygen atoms in total. The summed E-state index contributed by atoms with van der Waals surface area (Å²) in [7, 11) is 0. The van der Waals surface area contributed by atoms with Crippen molar-refractivity contribution in [3.8, 4) is 0 Å². The lowest BCUT2D eigenvalue weighted by Gasteiger charge is -2.19. The molecule has 1 heterocycles. The van der Waals surface area contributed by atoms with Crippen molar-refractivity contribution in [2.45, 2.75) is 19.0 Å². The molecule has 2 rings (SSSR count). The van der Waals surface area contributed by atoms with E-state index in [1.165, 1.54) is 0 Å². The van der Waals surface area contributed by atoms with Crippen LogP contribution in [-0.4, -0.2) is 25.2 Å². The minimum Gasteiger partial charge on any atom is -0.379 e. The van der Waals surface area contributed by atoms with Crippen LogP contribution in [-0.2, 0) is 9.53 Å². The maximum atomic E-state index is 12.0. The van der Waals surface area contributed by atoms with Crippen LogP contribution < -0.4 is 11.1 Å². The van der Waals surface area contributed by atoms with E-state index in [0.29, 0.717) is 18.2 Å². The Morgan fingerprint density at radius 1 is 1.56 bits per heavy atom. The zero-order chi connectivity index (χ0) is 13.1. The lowest BCUT2D eigenvalue weighted by Crippen LogP contribution is -2.41. The second kappa shape index (κ2) is 5.69. The number of benzene rings is 1. The van der Waals surface area contributed by atoms with Gasteiger partial charge in [-0.15, -0.1) is 0 Å². The van der Waals surface area contributed by atoms with E-state index in [1.807, 2.05) is 25.1 Å². The predicted octanol–water partition coefficient (Wildman–Crippen LogP) is 1.49. The molecule has 0 bridgehead atoms. The summed E-state index contributed by atoms with van der Waals surface area (Å²) < 4.78 is 5.19. The van der Waals surface area contributed by atoms with Gasteiger partial charge in [0.15, 0.2) is 0 Å². The second-order valence-electron chi connectivity index (χ2n) is 4.59. The van der Waals surface area contributed by atoms with E-state index in [9.17, 15) is 4.79 Å². The molecule has 1 aliphatic heterocycles. The molecule has 0 aliphatic carbocycles. The molecule has 0 saturated carbocycles. The van der Waals surface area contributed by atoms with Crippen molar-refractivity contribution in [1.29, 1.82) is 0 Å². The average molecular weight is 269 g/mol. The topological polar surface area (TPSA) is 64.3 Å². The zero-order valence-corrected chi connectivity index (χ0v) is 11.0. The molecule has 1 fully saturated rings. The molecular weight excluding hydrogens is 252 g/mol. The third-order valence-corrected chi connectivity index (χ3v) is 3.40. The van der Waals surface area contributed by atoms with E-state index in [2.05, 4.69) is 5.32 Å². The summed E-state index contributed by atoms with van der Waals surface area (Å²) in [5, 5.41) is 3.60. The number of rotatable bonds is 3. The Hall–Kier alpha value is -1.10. The highest BCUT2D eigenvalue weighted by molar-refractivity contribution is 6.30. The fraction of sp³-hybridized carbons (Fsp3) is 0.462. The number of amides is 1. The summed E-state index contributed by atoms with van der Waals surface area (Å²) >= 11 is 5.92. The van der Waals surface area contributed by atoms with Gasteiger partial charge in [-0.1, -0.05) is 23.7 Å². The first-order valence-corrected chi connectivity index (χ1v) is 6.35. The lowest BCUT2D eigenvalue weighted by atomic mass is 10.0. The van der Waals surface area contributed by atoms with E-state index < -0.39 is 0 Å². The van der Waals surface area contributed by atoms with Crippen LogP contribution in [0.15, 0.2) is 24.3 Å². The Morgan fingerprint density at radius 2 is 2.33 bits per heavy atom. The molecule has 1 saturated heterocycles. The molecule has 3 atom stereocenters. The Morgan fingerprint density at radius 3 is 2.94 bits per heavy atom. The maximum absolute atomic E-state index is 12.0. The lowest BCUT2D eigenvalue weighted by molar-refractivity contribution is -0.125. The highest BCUT2D eigenvalue weighted by atomic mass is 35.5. The highest BCUT2D eigenvalue weighted by Gasteiger charge is 2.31. The van der Waals surface area contributed by atoms with Gasteiger partial charge in [-0.3, -0.25) is 4.79 Å². The summed E-state index contributed by atoms with van der Waals surface area (Å²) in [5.41, 5.74) is 6.79. The molecule has 98 valence electrons. The maximum Gasteiger partial charge on any atom is 0.227 e. The number of carbonyl (C=O) groups excluding carboxylic acids is 1. The first-order valence-electron chi connectivity index (χ1n) is 5.97. The van der Waals surface area contributed by atoms with E-state index in [-0.39, 0.29) is 23.9 Å². The minimum atomic E-state index is -0.258. The van der Waals surface area contributed by atoms with E-state index >= 15 is 0 Å². The minimum absolute atomic E-state index is 0.0625. The molecule has 1 amide bonds. The third kappa shape index (κ3) is 3.02. The summed E-state index contributed by atoms with van der Waals surface area (Å²) in [6, 6.07) is 7.14. The number of ether oxygens (including phenoxy) is 1. The molecule has 1 aromatic carbocycles. The quantitative estimate of drug-likeness (QED) is 0.873. The molecule has 5 heteroatoms. The highest BCUT2D eigenvalue weighted by Crippen LogP contribution is 2.19. The van der Waals surface area contributed by atoms with Crippen LogP contribution in [0.25, 0.3) is 0 Å². The van der Waals surface area contributed by atoms with Crippen molar-refractivity contribution in [2.75, 3.05) is 13.2 Å². The molecule has 0 radical (unpaired) electrons. The second-order valence-corrected chi connectivity index (χ2v) is 5.03. The first kappa shape index (κ1) is 13.3. The van der Waals surface area contributed by atoms with E-state index in [4.69, 9.17) is 22.1 Å². The van der Waals surface area contributed by atoms with Crippen molar-refractivity contribution < 1.29 is 9.53 Å². The number of halogens is 1. The van der Waals surface area contributed by atoms with Gasteiger partial charge >= 0.3 is 0 Å². The molecule has 1 aliphatic rings. The fourth-order valence-electron chi connectivity index (χ4n) is 2.02. The van der Waals surface area contributed by atoms with E-state index in [1.54, 1.807) is 6.07 Å². The van der Waals surface area contributed by atoms with Crippen LogP contribution in [0.4, 0.5) is 0 Å². The van der Waals surface area contributed by atoms with Crippen molar-refractivity contribution in [3.05, 3.63) is 34.9 Å².